The summed E-state index contributed by atoms with van der Waals surface area (Å²) in [6, 6.07) is 6.34. The van der Waals surface area contributed by atoms with Gasteiger partial charge in [0, 0.05) is 37.0 Å². The molecule has 0 saturated heterocycles. The first-order chi connectivity index (χ1) is 16.5. The van der Waals surface area contributed by atoms with E-state index >= 15 is 0 Å². The van der Waals surface area contributed by atoms with Crippen molar-refractivity contribution in [3.05, 3.63) is 58.6 Å². The molecule has 0 spiro atoms. The lowest BCUT2D eigenvalue weighted by molar-refractivity contribution is -0.194. The number of nitrogens with one attached hydrogen (secondary N) is 1. The van der Waals surface area contributed by atoms with E-state index in [0.717, 1.165) is 0 Å². The number of likely N-dealkylation sites (N-methyl/N-ethyl adjacent to an activating group) is 1. The minimum absolute atomic E-state index is 0.00129. The van der Waals surface area contributed by atoms with Gasteiger partial charge in [0.25, 0.3) is 0 Å². The van der Waals surface area contributed by atoms with Crippen LogP contribution in [0.4, 0.5) is 17.6 Å². The molecule has 1 aliphatic rings. The fourth-order valence-corrected chi connectivity index (χ4v) is 5.47. The van der Waals surface area contributed by atoms with Gasteiger partial charge in [-0.05, 0) is 50.2 Å². The summed E-state index contributed by atoms with van der Waals surface area (Å²) < 4.78 is 60.7. The number of nitrogens with zero attached hydrogens (tertiary/aromatic N) is 2. The zero-order valence-corrected chi connectivity index (χ0v) is 21.2. The zero-order chi connectivity index (χ0) is 25.8. The number of aromatic nitrogens is 1. The molecule has 1 amide bonds. The van der Waals surface area contributed by atoms with Crippen molar-refractivity contribution in [2.45, 2.75) is 42.5 Å². The fraction of sp³-hybridized carbons (Fsp3) is 0.500. The van der Waals surface area contributed by atoms with Gasteiger partial charge in [-0.25, -0.2) is 4.39 Å². The van der Waals surface area contributed by atoms with Gasteiger partial charge in [-0.1, -0.05) is 23.7 Å². The Hall–Kier alpha value is -2.04. The van der Waals surface area contributed by atoms with E-state index in [1.807, 2.05) is 19.0 Å². The van der Waals surface area contributed by atoms with Crippen LogP contribution in [0.15, 0.2) is 36.7 Å². The molecule has 1 aromatic carbocycles. The van der Waals surface area contributed by atoms with Crippen molar-refractivity contribution in [2.24, 2.45) is 5.41 Å². The van der Waals surface area contributed by atoms with Crippen LogP contribution in [0.3, 0.4) is 0 Å². The Morgan fingerprint density at radius 3 is 2.57 bits per heavy atom. The average Bonchev–Trinajstić information content (AvgIpc) is 3.62. The monoisotopic (exact) mass is 533 g/mol. The molecule has 1 aromatic heterocycles. The Kier molecular flexibility index (Phi) is 8.93. The van der Waals surface area contributed by atoms with E-state index < -0.39 is 29.2 Å². The van der Waals surface area contributed by atoms with Crippen LogP contribution in [-0.4, -0.2) is 55.1 Å². The molecule has 5 nitrogen and oxygen atoms in total. The number of halogens is 5. The molecule has 0 bridgehead atoms. The normalized spacial score (nSPS) is 16.6. The number of hydrogen-bond acceptors (Lipinski definition) is 5. The molecule has 0 radical (unpaired) electrons. The number of rotatable bonds is 11. The van der Waals surface area contributed by atoms with Crippen LogP contribution in [0, 0.1) is 11.2 Å². The highest BCUT2D eigenvalue weighted by Crippen LogP contribution is 2.66. The first kappa shape index (κ1) is 27.5. The molecule has 3 rings (SSSR count). The maximum atomic E-state index is 14.2. The van der Waals surface area contributed by atoms with Gasteiger partial charge in [-0.15, -0.1) is 11.8 Å². The summed E-state index contributed by atoms with van der Waals surface area (Å²) in [6.45, 7) is 0.200. The van der Waals surface area contributed by atoms with Gasteiger partial charge in [0.1, 0.15) is 0 Å². The van der Waals surface area contributed by atoms with E-state index in [9.17, 15) is 22.4 Å². The lowest BCUT2D eigenvalue weighted by atomic mass is 9.80. The second-order valence-electron chi connectivity index (χ2n) is 8.79. The van der Waals surface area contributed by atoms with E-state index in [1.54, 1.807) is 18.2 Å². The van der Waals surface area contributed by atoms with E-state index in [2.05, 4.69) is 10.3 Å². The predicted molar refractivity (Wildman–Crippen MR) is 129 cm³/mol. The number of carbonyl (C=O) groups excluding carboxylic acids is 1. The van der Waals surface area contributed by atoms with Crippen molar-refractivity contribution in [3.8, 4) is 5.75 Å². The molecule has 1 N–H and O–H groups in total. The lowest BCUT2D eigenvalue weighted by Crippen LogP contribution is -2.40. The number of ether oxygens (including phenoxy) is 1. The molecule has 1 saturated carbocycles. The summed E-state index contributed by atoms with van der Waals surface area (Å²) in [7, 11) is 5.00. The molecule has 1 aliphatic carbocycles. The summed E-state index contributed by atoms with van der Waals surface area (Å²) in [5.74, 6) is -1.68. The van der Waals surface area contributed by atoms with Gasteiger partial charge in [-0.3, -0.25) is 14.7 Å². The maximum Gasteiger partial charge on any atom is 0.395 e. The summed E-state index contributed by atoms with van der Waals surface area (Å²) >= 11 is 7.55. The third kappa shape index (κ3) is 6.40. The second kappa shape index (κ2) is 11.3. The number of hydrogen-bond donors (Lipinski definition) is 1. The molecule has 35 heavy (non-hydrogen) atoms. The van der Waals surface area contributed by atoms with Crippen LogP contribution in [0.1, 0.15) is 36.3 Å². The highest BCUT2D eigenvalue weighted by atomic mass is 35.5. The molecule has 1 fully saturated rings. The Labute approximate surface area is 211 Å². The van der Waals surface area contributed by atoms with Gasteiger partial charge in [0.2, 0.25) is 5.91 Å². The third-order valence-electron chi connectivity index (χ3n) is 6.32. The Bertz CT molecular complexity index is 1020. The number of benzene rings is 1. The van der Waals surface area contributed by atoms with Crippen molar-refractivity contribution in [1.82, 2.24) is 15.2 Å². The largest absolute Gasteiger partial charge is 0.494 e. The zero-order valence-electron chi connectivity index (χ0n) is 19.7. The summed E-state index contributed by atoms with van der Waals surface area (Å²) in [5, 5.41) is 2.54. The molecular formula is C24H28ClF4N3O2S. The van der Waals surface area contributed by atoms with Gasteiger partial charge >= 0.3 is 6.18 Å². The minimum Gasteiger partial charge on any atom is -0.494 e. The Morgan fingerprint density at radius 1 is 1.31 bits per heavy atom. The molecule has 0 unspecified atom stereocenters. The van der Waals surface area contributed by atoms with Crippen LogP contribution >= 0.6 is 23.4 Å². The quantitative estimate of drug-likeness (QED) is 0.299. The number of alkyl halides is 3. The van der Waals surface area contributed by atoms with Gasteiger partial charge in [-0.2, -0.15) is 13.2 Å². The van der Waals surface area contributed by atoms with Crippen molar-refractivity contribution >= 4 is 29.3 Å². The van der Waals surface area contributed by atoms with Crippen molar-refractivity contribution in [2.75, 3.05) is 27.7 Å². The number of methoxy groups -OCH3 is 1. The minimum atomic E-state index is -4.40. The maximum absolute atomic E-state index is 14.2. The first-order valence-electron chi connectivity index (χ1n) is 11.0. The van der Waals surface area contributed by atoms with Crippen LogP contribution < -0.4 is 10.1 Å². The topological polar surface area (TPSA) is 54.5 Å². The standard InChI is InChI=1S/C24H28ClF4N3O2S/c1-32(2)20(35-14-16-6-7-18(34-3)22(26)21(16)25)13-31-19(33)11-17(15-5-4-10-30-12-15)23(8-9-23)24(27,28)29/h4-7,10,12,17,20H,8-9,11,13-14H2,1-3H3,(H,31,33)/t17-,20+/m1/s1. The SMILES string of the molecule is COc1ccc(CS[C@@H](CNC(=O)C[C@H](c2cccnc2)C2(C(F)(F)F)CC2)N(C)C)c(Cl)c1F. The lowest BCUT2D eigenvalue weighted by Gasteiger charge is -2.29. The van der Waals surface area contributed by atoms with Gasteiger partial charge in [0.15, 0.2) is 11.6 Å². The van der Waals surface area contributed by atoms with Crippen LogP contribution in [0.5, 0.6) is 5.75 Å². The molecule has 2 atom stereocenters. The summed E-state index contributed by atoms with van der Waals surface area (Å²) in [5.41, 5.74) is -0.907. The Morgan fingerprint density at radius 2 is 2.03 bits per heavy atom. The van der Waals surface area contributed by atoms with Crippen LogP contribution in [0.25, 0.3) is 0 Å². The smallest absolute Gasteiger partial charge is 0.395 e. The third-order valence-corrected chi connectivity index (χ3v) is 8.18. The molecular weight excluding hydrogens is 506 g/mol. The summed E-state index contributed by atoms with van der Waals surface area (Å²) in [6.07, 6.45) is -1.79. The van der Waals surface area contributed by atoms with Crippen LogP contribution in [0.2, 0.25) is 5.02 Å². The van der Waals surface area contributed by atoms with E-state index in [1.165, 1.54) is 37.3 Å². The van der Waals surface area contributed by atoms with Crippen molar-refractivity contribution in [1.29, 1.82) is 0 Å². The average molecular weight is 534 g/mol. The number of thioether (sulfide) groups is 1. The van der Waals surface area contributed by atoms with Crippen molar-refractivity contribution < 1.29 is 27.1 Å². The first-order valence-corrected chi connectivity index (χ1v) is 12.4. The van der Waals surface area contributed by atoms with Gasteiger partial charge < -0.3 is 10.1 Å². The van der Waals surface area contributed by atoms with E-state index in [4.69, 9.17) is 16.3 Å². The second-order valence-corrected chi connectivity index (χ2v) is 10.3. The number of amides is 1. The van der Waals surface area contributed by atoms with Gasteiger partial charge in [0.05, 0.1) is 22.9 Å². The predicted octanol–water partition coefficient (Wildman–Crippen LogP) is 5.64. The van der Waals surface area contributed by atoms with E-state index in [0.29, 0.717) is 16.9 Å². The number of pyridine rings is 1. The molecule has 2 aromatic rings. The molecule has 192 valence electrons. The Balaban J connectivity index is 1.64. The van der Waals surface area contributed by atoms with E-state index in [-0.39, 0.29) is 42.0 Å². The summed E-state index contributed by atoms with van der Waals surface area (Å²) in [4.78, 5) is 18.6. The highest BCUT2D eigenvalue weighted by Gasteiger charge is 2.67. The number of carbonyl (C=O) groups is 1. The van der Waals surface area contributed by atoms with Crippen molar-refractivity contribution in [3.63, 3.8) is 0 Å². The van der Waals surface area contributed by atoms with Crippen LogP contribution in [-0.2, 0) is 10.5 Å². The molecule has 0 aliphatic heterocycles. The molecule has 1 heterocycles. The highest BCUT2D eigenvalue weighted by molar-refractivity contribution is 7.99. The molecule has 11 heteroatoms. The fourth-order valence-electron chi connectivity index (χ4n) is 4.05.